The third-order valence-corrected chi connectivity index (χ3v) is 2.85. The molecule has 1 saturated heterocycles. The molecule has 1 atom stereocenters. The lowest BCUT2D eigenvalue weighted by atomic mass is 9.93. The van der Waals surface area contributed by atoms with Gasteiger partial charge in [-0.3, -0.25) is 4.79 Å². The van der Waals surface area contributed by atoms with Gasteiger partial charge >= 0.3 is 0 Å². The summed E-state index contributed by atoms with van der Waals surface area (Å²) in [6, 6.07) is 0. The molecule has 14 heavy (non-hydrogen) atoms. The van der Waals surface area contributed by atoms with Gasteiger partial charge in [0.2, 0.25) is 5.78 Å². The number of piperidine rings is 1. The maximum absolute atomic E-state index is 11.9. The fourth-order valence-electron chi connectivity index (χ4n) is 2.01. The summed E-state index contributed by atoms with van der Waals surface area (Å²) < 4.78 is 5.38. The number of Topliss-reactive ketones (excluding diaryl/α,β-unsaturated/α-hetero) is 1. The number of allylic oxidation sites excluding steroid dienone is 2. The molecule has 2 rings (SSSR count). The lowest BCUT2D eigenvalue weighted by molar-refractivity contribution is -0.123. The minimum absolute atomic E-state index is 0.146. The number of hydrogen-bond acceptors (Lipinski definition) is 3. The molecule has 0 saturated carbocycles. The van der Waals surface area contributed by atoms with Crippen LogP contribution in [0.5, 0.6) is 0 Å². The topological polar surface area (TPSA) is 38.3 Å². The van der Waals surface area contributed by atoms with E-state index in [0.29, 0.717) is 12.4 Å². The van der Waals surface area contributed by atoms with Crippen molar-refractivity contribution in [2.45, 2.75) is 25.7 Å². The molecule has 1 fully saturated rings. The molecule has 0 bridgehead atoms. The van der Waals surface area contributed by atoms with E-state index in [9.17, 15) is 4.79 Å². The van der Waals surface area contributed by atoms with Crippen LogP contribution in [0, 0.1) is 5.92 Å². The highest BCUT2D eigenvalue weighted by Gasteiger charge is 2.25. The lowest BCUT2D eigenvalue weighted by Crippen LogP contribution is -2.35. The first kappa shape index (κ1) is 9.71. The zero-order chi connectivity index (χ0) is 9.80. The van der Waals surface area contributed by atoms with E-state index in [1.807, 2.05) is 6.08 Å². The molecule has 0 aromatic carbocycles. The van der Waals surface area contributed by atoms with Gasteiger partial charge in [0.15, 0.2) is 5.76 Å². The molecular weight excluding hydrogens is 178 g/mol. The van der Waals surface area contributed by atoms with Crippen LogP contribution in [0.1, 0.15) is 25.7 Å². The summed E-state index contributed by atoms with van der Waals surface area (Å²) >= 11 is 0. The zero-order valence-electron chi connectivity index (χ0n) is 8.42. The van der Waals surface area contributed by atoms with Gasteiger partial charge in [0, 0.05) is 12.5 Å². The van der Waals surface area contributed by atoms with Crippen molar-refractivity contribution in [2.75, 3.05) is 19.7 Å². The molecular formula is C11H17NO2. The SMILES string of the molecule is O=C(C1=CCCCO1)C1CCCNC1. The van der Waals surface area contributed by atoms with Crippen LogP contribution in [0.4, 0.5) is 0 Å². The minimum Gasteiger partial charge on any atom is -0.490 e. The van der Waals surface area contributed by atoms with Crippen LogP contribution in [0.2, 0.25) is 0 Å². The average Bonchev–Trinajstić information content (AvgIpc) is 2.30. The monoisotopic (exact) mass is 195 g/mol. The van der Waals surface area contributed by atoms with Gasteiger partial charge in [0.25, 0.3) is 0 Å². The van der Waals surface area contributed by atoms with E-state index >= 15 is 0 Å². The predicted octanol–water partition coefficient (Wildman–Crippen LogP) is 1.25. The van der Waals surface area contributed by atoms with Crippen molar-refractivity contribution in [2.24, 2.45) is 5.92 Å². The van der Waals surface area contributed by atoms with E-state index in [4.69, 9.17) is 4.74 Å². The highest BCUT2D eigenvalue weighted by atomic mass is 16.5. The van der Waals surface area contributed by atoms with E-state index in [1.165, 1.54) is 0 Å². The molecule has 78 valence electrons. The van der Waals surface area contributed by atoms with Gasteiger partial charge in [0.05, 0.1) is 6.61 Å². The Morgan fingerprint density at radius 1 is 1.50 bits per heavy atom. The first-order valence-electron chi connectivity index (χ1n) is 5.46. The summed E-state index contributed by atoms with van der Waals surface area (Å²) in [5, 5.41) is 3.25. The standard InChI is InChI=1S/C11H17NO2/c13-11(9-4-3-6-12-8-9)10-5-1-2-7-14-10/h5,9,12H,1-4,6-8H2. The van der Waals surface area contributed by atoms with Crippen molar-refractivity contribution in [3.8, 4) is 0 Å². The van der Waals surface area contributed by atoms with Gasteiger partial charge in [-0.15, -0.1) is 0 Å². The molecule has 0 aromatic heterocycles. The van der Waals surface area contributed by atoms with Gasteiger partial charge in [-0.2, -0.15) is 0 Å². The molecule has 1 N–H and O–H groups in total. The zero-order valence-corrected chi connectivity index (χ0v) is 8.42. The summed E-state index contributed by atoms with van der Waals surface area (Å²) in [6.07, 6.45) is 6.08. The summed E-state index contributed by atoms with van der Waals surface area (Å²) in [7, 11) is 0. The van der Waals surface area contributed by atoms with Crippen LogP contribution in [-0.4, -0.2) is 25.5 Å². The summed E-state index contributed by atoms with van der Waals surface area (Å²) in [5.74, 6) is 0.968. The Morgan fingerprint density at radius 3 is 3.07 bits per heavy atom. The molecule has 2 aliphatic rings. The Morgan fingerprint density at radius 2 is 2.43 bits per heavy atom. The molecule has 0 aliphatic carbocycles. The van der Waals surface area contributed by atoms with Crippen molar-refractivity contribution in [1.82, 2.24) is 5.32 Å². The van der Waals surface area contributed by atoms with Gasteiger partial charge in [-0.25, -0.2) is 0 Å². The number of nitrogens with one attached hydrogen (secondary N) is 1. The maximum Gasteiger partial charge on any atom is 0.201 e. The molecule has 3 heteroatoms. The molecule has 0 amide bonds. The van der Waals surface area contributed by atoms with Crippen LogP contribution >= 0.6 is 0 Å². The van der Waals surface area contributed by atoms with Crippen LogP contribution in [0.3, 0.4) is 0 Å². The van der Waals surface area contributed by atoms with Crippen molar-refractivity contribution in [3.63, 3.8) is 0 Å². The van der Waals surface area contributed by atoms with Crippen molar-refractivity contribution < 1.29 is 9.53 Å². The predicted molar refractivity (Wildman–Crippen MR) is 53.9 cm³/mol. The number of carbonyl (C=O) groups excluding carboxylic acids is 1. The van der Waals surface area contributed by atoms with E-state index < -0.39 is 0 Å². The minimum atomic E-state index is 0.146. The first-order chi connectivity index (χ1) is 6.88. The van der Waals surface area contributed by atoms with E-state index in [0.717, 1.165) is 38.8 Å². The fraction of sp³-hybridized carbons (Fsp3) is 0.727. The van der Waals surface area contributed by atoms with E-state index in [-0.39, 0.29) is 11.7 Å². The maximum atomic E-state index is 11.9. The molecule has 0 spiro atoms. The number of ketones is 1. The molecule has 2 aliphatic heterocycles. The van der Waals surface area contributed by atoms with Crippen LogP contribution in [0.25, 0.3) is 0 Å². The van der Waals surface area contributed by atoms with Gasteiger partial charge < -0.3 is 10.1 Å². The molecule has 0 radical (unpaired) electrons. The molecule has 2 heterocycles. The fourth-order valence-corrected chi connectivity index (χ4v) is 2.01. The van der Waals surface area contributed by atoms with Gasteiger partial charge in [-0.05, 0) is 38.3 Å². The summed E-state index contributed by atoms with van der Waals surface area (Å²) in [5.41, 5.74) is 0. The van der Waals surface area contributed by atoms with Crippen LogP contribution in [-0.2, 0) is 9.53 Å². The smallest absolute Gasteiger partial charge is 0.201 e. The van der Waals surface area contributed by atoms with Crippen molar-refractivity contribution in [3.05, 3.63) is 11.8 Å². The molecule has 1 unspecified atom stereocenters. The van der Waals surface area contributed by atoms with Gasteiger partial charge in [0.1, 0.15) is 0 Å². The third kappa shape index (κ3) is 2.15. The van der Waals surface area contributed by atoms with Gasteiger partial charge in [-0.1, -0.05) is 0 Å². The third-order valence-electron chi connectivity index (χ3n) is 2.85. The van der Waals surface area contributed by atoms with Crippen LogP contribution < -0.4 is 5.32 Å². The molecule has 3 nitrogen and oxygen atoms in total. The number of rotatable bonds is 2. The Hall–Kier alpha value is -0.830. The first-order valence-corrected chi connectivity index (χ1v) is 5.46. The second-order valence-electron chi connectivity index (χ2n) is 3.97. The van der Waals surface area contributed by atoms with E-state index in [2.05, 4.69) is 5.32 Å². The second-order valence-corrected chi connectivity index (χ2v) is 3.97. The highest BCUT2D eigenvalue weighted by molar-refractivity contribution is 5.95. The second kappa shape index (κ2) is 4.60. The number of hydrogen-bond donors (Lipinski definition) is 1. The summed E-state index contributed by atoms with van der Waals surface area (Å²) in [4.78, 5) is 11.9. The summed E-state index contributed by atoms with van der Waals surface area (Å²) in [6.45, 7) is 2.57. The Kier molecular flexibility index (Phi) is 3.19. The number of carbonyl (C=O) groups is 1. The van der Waals surface area contributed by atoms with E-state index in [1.54, 1.807) is 0 Å². The van der Waals surface area contributed by atoms with Crippen molar-refractivity contribution in [1.29, 1.82) is 0 Å². The largest absolute Gasteiger partial charge is 0.490 e. The quantitative estimate of drug-likeness (QED) is 0.720. The van der Waals surface area contributed by atoms with Crippen molar-refractivity contribution >= 4 is 5.78 Å². The van der Waals surface area contributed by atoms with Crippen LogP contribution in [0.15, 0.2) is 11.8 Å². The Balaban J connectivity index is 1.95. The number of ether oxygens (including phenoxy) is 1. The lowest BCUT2D eigenvalue weighted by Gasteiger charge is -2.23. The Labute approximate surface area is 84.5 Å². The Bertz CT molecular complexity index is 242. The average molecular weight is 195 g/mol. The molecule has 0 aromatic rings. The highest BCUT2D eigenvalue weighted by Crippen LogP contribution is 2.19. The normalized spacial score (nSPS) is 27.7.